The van der Waals surface area contributed by atoms with Gasteiger partial charge in [-0.1, -0.05) is 0 Å². The van der Waals surface area contributed by atoms with Crippen LogP contribution in [0.4, 0.5) is 30.7 Å². The summed E-state index contributed by atoms with van der Waals surface area (Å²) < 4.78 is 92.4. The van der Waals surface area contributed by atoms with Crippen LogP contribution >= 0.6 is 0 Å². The Morgan fingerprint density at radius 1 is 0.957 bits per heavy atom. The summed E-state index contributed by atoms with van der Waals surface area (Å²) >= 11 is 0. The Morgan fingerprint density at radius 2 is 1.35 bits per heavy atom. The largest absolute Gasteiger partial charge is 0.422 e. The third kappa shape index (κ3) is 3.42. The Labute approximate surface area is 127 Å². The zero-order valence-corrected chi connectivity index (χ0v) is 12.5. The van der Waals surface area contributed by atoms with Crippen LogP contribution in [0.2, 0.25) is 0 Å². The van der Waals surface area contributed by atoms with Gasteiger partial charge in [-0.25, -0.2) is 17.6 Å². The van der Waals surface area contributed by atoms with Crippen molar-refractivity contribution in [2.24, 2.45) is 0 Å². The molecule has 0 aliphatic carbocycles. The number of nitrogens with zero attached hydrogens (tertiary/aromatic N) is 1. The minimum absolute atomic E-state index is 0.161. The summed E-state index contributed by atoms with van der Waals surface area (Å²) in [7, 11) is 0. The van der Waals surface area contributed by atoms with Crippen molar-refractivity contribution in [3.05, 3.63) is 34.4 Å². The molecule has 0 saturated carbocycles. The number of alkyl halides is 3. The monoisotopic (exact) mass is 345 g/mol. The highest BCUT2D eigenvalue weighted by atomic mass is 19.4. The highest BCUT2D eigenvalue weighted by molar-refractivity contribution is 5.83. The van der Waals surface area contributed by atoms with Gasteiger partial charge in [-0.3, -0.25) is 4.79 Å². The second-order valence-electron chi connectivity index (χ2n) is 4.77. The average molecular weight is 345 g/mol. The SMILES string of the molecule is CCN(CC)C(=O)C(C)c1c(F)c(F)c(C(F)(F)F)c(F)c1F. The van der Waals surface area contributed by atoms with E-state index in [1.807, 2.05) is 0 Å². The third-order valence-corrected chi connectivity index (χ3v) is 3.46. The number of amides is 1. The van der Waals surface area contributed by atoms with Crippen LogP contribution in [0.3, 0.4) is 0 Å². The summed E-state index contributed by atoms with van der Waals surface area (Å²) in [5.74, 6) is -12.1. The molecule has 1 amide bonds. The summed E-state index contributed by atoms with van der Waals surface area (Å²) in [6.07, 6.45) is -5.61. The summed E-state index contributed by atoms with van der Waals surface area (Å²) in [6, 6.07) is 0. The fourth-order valence-electron chi connectivity index (χ4n) is 2.21. The first kappa shape index (κ1) is 19.2. The van der Waals surface area contributed by atoms with Gasteiger partial charge in [0, 0.05) is 18.7 Å². The van der Waals surface area contributed by atoms with E-state index in [1.54, 1.807) is 13.8 Å². The molecule has 0 bridgehead atoms. The fourth-order valence-corrected chi connectivity index (χ4v) is 2.21. The molecule has 1 aromatic rings. The zero-order chi connectivity index (χ0) is 18.1. The standard InChI is InChI=1S/C14H14F7NO/c1-4-22(5-2)13(23)6(3)7-9(15)11(17)8(14(19,20)21)12(18)10(7)16/h6H,4-5H2,1-3H3. The third-order valence-electron chi connectivity index (χ3n) is 3.46. The first-order valence-corrected chi connectivity index (χ1v) is 6.70. The Hall–Kier alpha value is -1.80. The van der Waals surface area contributed by atoms with Crippen molar-refractivity contribution in [2.45, 2.75) is 32.9 Å². The number of rotatable bonds is 4. The molecule has 1 rings (SSSR count). The van der Waals surface area contributed by atoms with E-state index in [9.17, 15) is 35.5 Å². The van der Waals surface area contributed by atoms with Crippen LogP contribution < -0.4 is 0 Å². The van der Waals surface area contributed by atoms with Crippen LogP contribution in [0, 0.1) is 23.3 Å². The van der Waals surface area contributed by atoms with Crippen molar-refractivity contribution in [2.75, 3.05) is 13.1 Å². The summed E-state index contributed by atoms with van der Waals surface area (Å²) in [6.45, 7) is 4.42. The number of benzene rings is 1. The number of hydrogen-bond acceptors (Lipinski definition) is 1. The van der Waals surface area contributed by atoms with Crippen molar-refractivity contribution < 1.29 is 35.5 Å². The van der Waals surface area contributed by atoms with Gasteiger partial charge >= 0.3 is 6.18 Å². The lowest BCUT2D eigenvalue weighted by Gasteiger charge is -2.24. The van der Waals surface area contributed by atoms with Crippen LogP contribution in [0.1, 0.15) is 37.8 Å². The van der Waals surface area contributed by atoms with Crippen LogP contribution in [0.5, 0.6) is 0 Å². The molecule has 0 aliphatic rings. The molecule has 0 radical (unpaired) electrons. The molecule has 9 heteroatoms. The minimum Gasteiger partial charge on any atom is -0.343 e. The van der Waals surface area contributed by atoms with E-state index in [0.717, 1.165) is 11.8 Å². The van der Waals surface area contributed by atoms with Gasteiger partial charge in [0.25, 0.3) is 0 Å². The molecule has 0 saturated heterocycles. The summed E-state index contributed by atoms with van der Waals surface area (Å²) in [5, 5.41) is 0. The lowest BCUT2D eigenvalue weighted by Crippen LogP contribution is -2.35. The first-order chi connectivity index (χ1) is 10.5. The summed E-state index contributed by atoms with van der Waals surface area (Å²) in [4.78, 5) is 13.2. The van der Waals surface area contributed by atoms with Gasteiger partial charge in [-0.15, -0.1) is 0 Å². The second kappa shape index (κ2) is 6.76. The lowest BCUT2D eigenvalue weighted by molar-refractivity contribution is -0.143. The second-order valence-corrected chi connectivity index (χ2v) is 4.77. The Kier molecular flexibility index (Phi) is 5.65. The minimum atomic E-state index is -5.61. The molecule has 0 aliphatic heterocycles. The Morgan fingerprint density at radius 3 is 1.65 bits per heavy atom. The van der Waals surface area contributed by atoms with E-state index in [4.69, 9.17) is 0 Å². The molecule has 0 fully saturated rings. The molecule has 23 heavy (non-hydrogen) atoms. The van der Waals surface area contributed by atoms with Gasteiger partial charge < -0.3 is 4.90 Å². The Balaban J connectivity index is 3.54. The molecule has 0 heterocycles. The van der Waals surface area contributed by atoms with E-state index in [-0.39, 0.29) is 13.1 Å². The lowest BCUT2D eigenvalue weighted by atomic mass is 9.95. The van der Waals surface area contributed by atoms with Crippen LogP contribution in [-0.2, 0) is 11.0 Å². The van der Waals surface area contributed by atoms with Crippen molar-refractivity contribution in [3.8, 4) is 0 Å². The molecule has 0 spiro atoms. The van der Waals surface area contributed by atoms with Crippen LogP contribution in [0.25, 0.3) is 0 Å². The number of carbonyl (C=O) groups excluding carboxylic acids is 1. The number of likely N-dealkylation sites (N-methyl/N-ethyl adjacent to an activating group) is 1. The van der Waals surface area contributed by atoms with Crippen molar-refractivity contribution in [1.29, 1.82) is 0 Å². The summed E-state index contributed by atoms with van der Waals surface area (Å²) in [5.41, 5.74) is -4.01. The van der Waals surface area contributed by atoms with E-state index in [1.165, 1.54) is 0 Å². The molecule has 0 N–H and O–H groups in total. The van der Waals surface area contributed by atoms with E-state index < -0.39 is 52.4 Å². The van der Waals surface area contributed by atoms with Crippen molar-refractivity contribution >= 4 is 5.91 Å². The Bertz CT molecular complexity index is 579. The number of halogens is 7. The predicted molar refractivity (Wildman–Crippen MR) is 67.6 cm³/mol. The molecular weight excluding hydrogens is 331 g/mol. The molecule has 1 atom stereocenters. The number of carbonyl (C=O) groups is 1. The maximum atomic E-state index is 13.9. The molecule has 130 valence electrons. The van der Waals surface area contributed by atoms with Gasteiger partial charge in [0.05, 0.1) is 5.92 Å². The topological polar surface area (TPSA) is 20.3 Å². The molecule has 1 aromatic carbocycles. The van der Waals surface area contributed by atoms with Crippen LogP contribution in [-0.4, -0.2) is 23.9 Å². The predicted octanol–water partition coefficient (Wildman–Crippen LogP) is 4.23. The zero-order valence-electron chi connectivity index (χ0n) is 12.5. The fraction of sp³-hybridized carbons (Fsp3) is 0.500. The van der Waals surface area contributed by atoms with Gasteiger partial charge in [-0.05, 0) is 20.8 Å². The molecular formula is C14H14F7NO. The van der Waals surface area contributed by atoms with E-state index >= 15 is 0 Å². The van der Waals surface area contributed by atoms with Gasteiger partial charge in [0.2, 0.25) is 5.91 Å². The van der Waals surface area contributed by atoms with Crippen molar-refractivity contribution in [1.82, 2.24) is 4.90 Å². The van der Waals surface area contributed by atoms with E-state index in [0.29, 0.717) is 0 Å². The number of hydrogen-bond donors (Lipinski definition) is 0. The maximum Gasteiger partial charge on any atom is 0.422 e. The smallest absolute Gasteiger partial charge is 0.343 e. The maximum absolute atomic E-state index is 13.9. The average Bonchev–Trinajstić information content (AvgIpc) is 2.45. The highest BCUT2D eigenvalue weighted by Gasteiger charge is 2.43. The van der Waals surface area contributed by atoms with Crippen molar-refractivity contribution in [3.63, 3.8) is 0 Å². The molecule has 0 aromatic heterocycles. The van der Waals surface area contributed by atoms with Gasteiger partial charge in [0.15, 0.2) is 23.3 Å². The van der Waals surface area contributed by atoms with Gasteiger partial charge in [0.1, 0.15) is 5.56 Å². The van der Waals surface area contributed by atoms with E-state index in [2.05, 4.69) is 0 Å². The van der Waals surface area contributed by atoms with Gasteiger partial charge in [-0.2, -0.15) is 13.2 Å². The quantitative estimate of drug-likeness (QED) is 0.591. The first-order valence-electron chi connectivity index (χ1n) is 6.70. The normalized spacial score (nSPS) is 13.1. The molecule has 1 unspecified atom stereocenters. The van der Waals surface area contributed by atoms with Crippen LogP contribution in [0.15, 0.2) is 0 Å². The highest BCUT2D eigenvalue weighted by Crippen LogP contribution is 2.38. The molecule has 2 nitrogen and oxygen atoms in total.